The predicted molar refractivity (Wildman–Crippen MR) is 66.8 cm³/mol. The lowest BCUT2D eigenvalue weighted by molar-refractivity contribution is -0.121. The van der Waals surface area contributed by atoms with Crippen molar-refractivity contribution in [2.75, 3.05) is 5.32 Å². The zero-order chi connectivity index (χ0) is 11.8. The maximum atomic E-state index is 12.1. The van der Waals surface area contributed by atoms with Crippen molar-refractivity contribution in [1.29, 1.82) is 0 Å². The van der Waals surface area contributed by atoms with Crippen molar-refractivity contribution in [3.05, 3.63) is 23.4 Å². The number of anilines is 1. The Morgan fingerprint density at radius 1 is 1.35 bits per heavy atom. The minimum Gasteiger partial charge on any atom is -0.310 e. The van der Waals surface area contributed by atoms with Crippen molar-refractivity contribution in [3.8, 4) is 0 Å². The number of pyridine rings is 1. The van der Waals surface area contributed by atoms with E-state index >= 15 is 0 Å². The molecule has 2 bridgehead atoms. The Hall–Kier alpha value is -1.09. The van der Waals surface area contributed by atoms with E-state index in [9.17, 15) is 4.79 Å². The minimum absolute atomic E-state index is 0.118. The lowest BCUT2D eigenvalue weighted by atomic mass is 9.88. The van der Waals surface area contributed by atoms with Gasteiger partial charge in [0.1, 0.15) is 11.0 Å². The molecule has 0 radical (unpaired) electrons. The van der Waals surface area contributed by atoms with Crippen LogP contribution in [0.1, 0.15) is 25.7 Å². The fraction of sp³-hybridized carbons (Fsp3) is 0.538. The molecule has 2 aliphatic carbocycles. The number of aromatic nitrogens is 1. The fourth-order valence-electron chi connectivity index (χ4n) is 3.26. The van der Waals surface area contributed by atoms with Gasteiger partial charge in [-0.2, -0.15) is 0 Å². The highest BCUT2D eigenvalue weighted by atomic mass is 35.5. The van der Waals surface area contributed by atoms with E-state index in [-0.39, 0.29) is 11.8 Å². The number of hydrogen-bond acceptors (Lipinski definition) is 2. The number of nitrogens with one attached hydrogen (secondary N) is 1. The van der Waals surface area contributed by atoms with E-state index in [4.69, 9.17) is 11.6 Å². The summed E-state index contributed by atoms with van der Waals surface area (Å²) >= 11 is 5.79. The molecule has 0 spiro atoms. The van der Waals surface area contributed by atoms with Gasteiger partial charge in [0.05, 0.1) is 0 Å². The Morgan fingerprint density at radius 2 is 2.24 bits per heavy atom. The SMILES string of the molecule is O=C(Nc1cccc(Cl)n1)C1CC2CCC1C2. The molecule has 0 saturated heterocycles. The van der Waals surface area contributed by atoms with Gasteiger partial charge in [0.15, 0.2) is 0 Å². The first-order valence-electron chi connectivity index (χ1n) is 6.16. The molecule has 2 saturated carbocycles. The fourth-order valence-corrected chi connectivity index (χ4v) is 3.43. The highest BCUT2D eigenvalue weighted by molar-refractivity contribution is 6.29. The van der Waals surface area contributed by atoms with Crippen LogP contribution in [0.2, 0.25) is 5.15 Å². The molecule has 2 fully saturated rings. The van der Waals surface area contributed by atoms with Crippen LogP contribution in [-0.2, 0) is 4.79 Å². The Morgan fingerprint density at radius 3 is 2.88 bits per heavy atom. The molecule has 0 aromatic carbocycles. The van der Waals surface area contributed by atoms with Gasteiger partial charge in [-0.25, -0.2) is 4.98 Å². The van der Waals surface area contributed by atoms with Crippen molar-refractivity contribution in [1.82, 2.24) is 4.98 Å². The van der Waals surface area contributed by atoms with Crippen molar-refractivity contribution >= 4 is 23.3 Å². The van der Waals surface area contributed by atoms with Crippen LogP contribution in [0, 0.1) is 17.8 Å². The van der Waals surface area contributed by atoms with Gasteiger partial charge < -0.3 is 5.32 Å². The monoisotopic (exact) mass is 250 g/mol. The molecule has 1 aromatic heterocycles. The second-order valence-electron chi connectivity index (χ2n) is 5.12. The van der Waals surface area contributed by atoms with Crippen molar-refractivity contribution in [2.45, 2.75) is 25.7 Å². The number of carbonyl (C=O) groups excluding carboxylic acids is 1. The van der Waals surface area contributed by atoms with Gasteiger partial charge in [-0.3, -0.25) is 4.79 Å². The van der Waals surface area contributed by atoms with Gasteiger partial charge in [0.2, 0.25) is 5.91 Å². The van der Waals surface area contributed by atoms with Crippen LogP contribution in [0.15, 0.2) is 18.2 Å². The molecule has 4 heteroatoms. The van der Waals surface area contributed by atoms with Crippen LogP contribution in [-0.4, -0.2) is 10.9 Å². The van der Waals surface area contributed by atoms with E-state index in [0.717, 1.165) is 12.3 Å². The average Bonchev–Trinajstić information content (AvgIpc) is 2.90. The molecule has 0 aliphatic heterocycles. The van der Waals surface area contributed by atoms with Crippen LogP contribution in [0.25, 0.3) is 0 Å². The molecule has 3 unspecified atom stereocenters. The van der Waals surface area contributed by atoms with E-state index < -0.39 is 0 Å². The van der Waals surface area contributed by atoms with E-state index in [0.29, 0.717) is 16.9 Å². The summed E-state index contributed by atoms with van der Waals surface area (Å²) in [6, 6.07) is 5.28. The first-order chi connectivity index (χ1) is 8.22. The molecule has 1 aromatic rings. The zero-order valence-electron chi connectivity index (χ0n) is 9.53. The number of hydrogen-bond donors (Lipinski definition) is 1. The summed E-state index contributed by atoms with van der Waals surface area (Å²) < 4.78 is 0. The molecule has 17 heavy (non-hydrogen) atoms. The standard InChI is InChI=1S/C13H15ClN2O/c14-11-2-1-3-12(15-11)16-13(17)10-7-8-4-5-9(10)6-8/h1-3,8-10H,4-7H2,(H,15,16,17). The number of nitrogens with zero attached hydrogens (tertiary/aromatic N) is 1. The highest BCUT2D eigenvalue weighted by Crippen LogP contribution is 2.48. The Balaban J connectivity index is 1.68. The number of amides is 1. The molecule has 3 rings (SSSR count). The van der Waals surface area contributed by atoms with Gasteiger partial charge in [-0.05, 0) is 43.2 Å². The van der Waals surface area contributed by atoms with E-state index in [1.807, 2.05) is 0 Å². The largest absolute Gasteiger partial charge is 0.310 e. The van der Waals surface area contributed by atoms with E-state index in [1.165, 1.54) is 19.3 Å². The average molecular weight is 251 g/mol. The molecule has 1 heterocycles. The van der Waals surface area contributed by atoms with Crippen LogP contribution >= 0.6 is 11.6 Å². The van der Waals surface area contributed by atoms with Crippen LogP contribution < -0.4 is 5.32 Å². The maximum Gasteiger partial charge on any atom is 0.228 e. The van der Waals surface area contributed by atoms with Crippen molar-refractivity contribution < 1.29 is 4.79 Å². The summed E-state index contributed by atoms with van der Waals surface area (Å²) in [4.78, 5) is 16.2. The van der Waals surface area contributed by atoms with Gasteiger partial charge in [0, 0.05) is 5.92 Å². The summed E-state index contributed by atoms with van der Waals surface area (Å²) in [5.74, 6) is 2.24. The second kappa shape index (κ2) is 4.30. The number of carbonyl (C=O) groups is 1. The highest BCUT2D eigenvalue weighted by Gasteiger charge is 2.43. The summed E-state index contributed by atoms with van der Waals surface area (Å²) in [5.41, 5.74) is 0. The summed E-state index contributed by atoms with van der Waals surface area (Å²) in [6.07, 6.45) is 4.81. The van der Waals surface area contributed by atoms with Crippen LogP contribution in [0.4, 0.5) is 5.82 Å². The minimum atomic E-state index is 0.118. The second-order valence-corrected chi connectivity index (χ2v) is 5.50. The van der Waals surface area contributed by atoms with Gasteiger partial charge in [-0.1, -0.05) is 24.1 Å². The zero-order valence-corrected chi connectivity index (χ0v) is 10.3. The smallest absolute Gasteiger partial charge is 0.228 e. The van der Waals surface area contributed by atoms with Crippen molar-refractivity contribution in [3.63, 3.8) is 0 Å². The predicted octanol–water partition coefficient (Wildman–Crippen LogP) is 3.11. The number of halogens is 1. The van der Waals surface area contributed by atoms with Crippen LogP contribution in [0.5, 0.6) is 0 Å². The third-order valence-corrected chi connectivity index (χ3v) is 4.25. The van der Waals surface area contributed by atoms with Gasteiger partial charge in [-0.15, -0.1) is 0 Å². The van der Waals surface area contributed by atoms with Gasteiger partial charge in [0.25, 0.3) is 0 Å². The Labute approximate surface area is 106 Å². The van der Waals surface area contributed by atoms with Crippen LogP contribution in [0.3, 0.4) is 0 Å². The Bertz CT molecular complexity index is 449. The van der Waals surface area contributed by atoms with Gasteiger partial charge >= 0.3 is 0 Å². The Kier molecular flexibility index (Phi) is 2.79. The first-order valence-corrected chi connectivity index (χ1v) is 6.53. The third-order valence-electron chi connectivity index (χ3n) is 4.04. The molecule has 1 amide bonds. The van der Waals surface area contributed by atoms with E-state index in [1.54, 1.807) is 18.2 Å². The maximum absolute atomic E-state index is 12.1. The molecular weight excluding hydrogens is 236 g/mol. The number of fused-ring (bicyclic) bond motifs is 2. The molecule has 90 valence electrons. The topological polar surface area (TPSA) is 42.0 Å². The number of rotatable bonds is 2. The quantitative estimate of drug-likeness (QED) is 0.820. The van der Waals surface area contributed by atoms with Crippen molar-refractivity contribution in [2.24, 2.45) is 17.8 Å². The normalized spacial score (nSPS) is 30.5. The lowest BCUT2D eigenvalue weighted by Crippen LogP contribution is -2.27. The molecule has 1 N–H and O–H groups in total. The summed E-state index contributed by atoms with van der Waals surface area (Å²) in [5, 5.41) is 3.29. The third kappa shape index (κ3) is 2.16. The molecular formula is C13H15ClN2O. The molecule has 3 nitrogen and oxygen atoms in total. The summed E-state index contributed by atoms with van der Waals surface area (Å²) in [7, 11) is 0. The van der Waals surface area contributed by atoms with E-state index in [2.05, 4.69) is 10.3 Å². The molecule has 3 atom stereocenters. The molecule has 2 aliphatic rings. The first kappa shape index (κ1) is 11.0. The lowest BCUT2D eigenvalue weighted by Gasteiger charge is -2.20. The summed E-state index contributed by atoms with van der Waals surface area (Å²) in [6.45, 7) is 0.